The Balaban J connectivity index is 2.19. The maximum atomic E-state index is 12.9. The molecule has 1 aliphatic heterocycles. The van der Waals surface area contributed by atoms with E-state index in [-0.39, 0.29) is 11.9 Å². The van der Waals surface area contributed by atoms with Gasteiger partial charge in [-0.05, 0) is 31.5 Å². The van der Waals surface area contributed by atoms with E-state index in [0.29, 0.717) is 22.8 Å². The third-order valence-electron chi connectivity index (χ3n) is 4.78. The zero-order chi connectivity index (χ0) is 17.7. The van der Waals surface area contributed by atoms with E-state index in [9.17, 15) is 4.79 Å². The van der Waals surface area contributed by atoms with Crippen molar-refractivity contribution in [3.05, 3.63) is 17.7 Å². The number of ether oxygens (including phenoxy) is 3. The molecule has 1 aromatic rings. The second-order valence-electron chi connectivity index (χ2n) is 6.00. The number of amides is 1. The molecule has 0 bridgehead atoms. The van der Waals surface area contributed by atoms with Gasteiger partial charge in [-0.25, -0.2) is 0 Å². The molecule has 1 amide bonds. The largest absolute Gasteiger partial charge is 0.493 e. The highest BCUT2D eigenvalue weighted by Crippen LogP contribution is 2.38. The summed E-state index contributed by atoms with van der Waals surface area (Å²) in [6, 6.07) is 3.68. The lowest BCUT2D eigenvalue weighted by molar-refractivity contribution is 0.0646. The van der Waals surface area contributed by atoms with Crippen molar-refractivity contribution in [3.63, 3.8) is 0 Å². The van der Waals surface area contributed by atoms with Crippen LogP contribution in [0.2, 0.25) is 0 Å². The average Bonchev–Trinajstić information content (AvgIpc) is 2.65. The highest BCUT2D eigenvalue weighted by atomic mass is 16.5. The van der Waals surface area contributed by atoms with Crippen LogP contribution in [-0.4, -0.2) is 69.8 Å². The maximum absolute atomic E-state index is 12.9. The number of piperidine rings is 1. The van der Waals surface area contributed by atoms with Crippen molar-refractivity contribution in [1.29, 1.82) is 0 Å². The molecule has 1 saturated heterocycles. The van der Waals surface area contributed by atoms with Gasteiger partial charge in [0.25, 0.3) is 5.91 Å². The topological polar surface area (TPSA) is 51.2 Å². The van der Waals surface area contributed by atoms with Crippen LogP contribution in [0.1, 0.15) is 30.1 Å². The standard InChI is InChI=1S/C18H28N2O4/c1-6-20-9-7-14(8-10-20)19(2)18(21)13-11-15(22-3)17(24-5)16(12-13)23-4/h11-12,14H,6-10H2,1-5H3. The molecular weight excluding hydrogens is 308 g/mol. The van der Waals surface area contributed by atoms with Gasteiger partial charge in [-0.15, -0.1) is 0 Å². The Labute approximate surface area is 144 Å². The van der Waals surface area contributed by atoms with Gasteiger partial charge in [-0.1, -0.05) is 6.92 Å². The van der Waals surface area contributed by atoms with Crippen molar-refractivity contribution in [2.24, 2.45) is 0 Å². The lowest BCUT2D eigenvalue weighted by Gasteiger charge is -2.36. The third kappa shape index (κ3) is 3.75. The van der Waals surface area contributed by atoms with E-state index >= 15 is 0 Å². The summed E-state index contributed by atoms with van der Waals surface area (Å²) in [5.74, 6) is 1.46. The Hall–Kier alpha value is -1.95. The second-order valence-corrected chi connectivity index (χ2v) is 6.00. The summed E-state index contributed by atoms with van der Waals surface area (Å²) in [5, 5.41) is 0. The summed E-state index contributed by atoms with van der Waals surface area (Å²) in [7, 11) is 6.53. The van der Waals surface area contributed by atoms with E-state index in [1.807, 2.05) is 11.9 Å². The monoisotopic (exact) mass is 336 g/mol. The van der Waals surface area contributed by atoms with Gasteiger partial charge in [0, 0.05) is 31.7 Å². The fourth-order valence-electron chi connectivity index (χ4n) is 3.20. The van der Waals surface area contributed by atoms with E-state index in [0.717, 1.165) is 32.5 Å². The first kappa shape index (κ1) is 18.4. The van der Waals surface area contributed by atoms with Crippen LogP contribution in [-0.2, 0) is 0 Å². The molecule has 0 atom stereocenters. The van der Waals surface area contributed by atoms with Crippen LogP contribution >= 0.6 is 0 Å². The van der Waals surface area contributed by atoms with Gasteiger partial charge in [0.2, 0.25) is 5.75 Å². The number of hydrogen-bond acceptors (Lipinski definition) is 5. The third-order valence-corrected chi connectivity index (χ3v) is 4.78. The predicted molar refractivity (Wildman–Crippen MR) is 93.3 cm³/mol. The van der Waals surface area contributed by atoms with Gasteiger partial charge in [-0.2, -0.15) is 0 Å². The molecule has 0 unspecified atom stereocenters. The Kier molecular flexibility index (Phi) is 6.31. The molecule has 134 valence electrons. The van der Waals surface area contributed by atoms with Crippen molar-refractivity contribution >= 4 is 5.91 Å². The minimum atomic E-state index is -0.0239. The van der Waals surface area contributed by atoms with Crippen LogP contribution in [0.25, 0.3) is 0 Å². The minimum absolute atomic E-state index is 0.0239. The van der Waals surface area contributed by atoms with E-state index in [2.05, 4.69) is 11.8 Å². The number of carbonyl (C=O) groups is 1. The first-order valence-electron chi connectivity index (χ1n) is 8.35. The smallest absolute Gasteiger partial charge is 0.254 e. The van der Waals surface area contributed by atoms with Crippen molar-refractivity contribution in [1.82, 2.24) is 9.80 Å². The summed E-state index contributed by atoms with van der Waals surface area (Å²) in [5.41, 5.74) is 0.546. The van der Waals surface area contributed by atoms with Crippen LogP contribution in [0.3, 0.4) is 0 Å². The normalized spacial score (nSPS) is 15.9. The first-order chi connectivity index (χ1) is 11.5. The lowest BCUT2D eigenvalue weighted by Crippen LogP contribution is -2.45. The number of methoxy groups -OCH3 is 3. The average molecular weight is 336 g/mol. The van der Waals surface area contributed by atoms with Crippen LogP contribution < -0.4 is 14.2 Å². The quantitative estimate of drug-likeness (QED) is 0.798. The van der Waals surface area contributed by atoms with E-state index in [1.165, 1.54) is 0 Å². The first-order valence-corrected chi connectivity index (χ1v) is 8.35. The zero-order valence-corrected chi connectivity index (χ0v) is 15.3. The van der Waals surface area contributed by atoms with Gasteiger partial charge in [0.05, 0.1) is 21.3 Å². The molecule has 1 fully saturated rings. The summed E-state index contributed by atoms with van der Waals surface area (Å²) in [6.45, 7) is 5.31. The minimum Gasteiger partial charge on any atom is -0.493 e. The Bertz CT molecular complexity index is 543. The molecule has 2 rings (SSSR count). The fourth-order valence-corrected chi connectivity index (χ4v) is 3.20. The van der Waals surface area contributed by atoms with E-state index in [1.54, 1.807) is 33.5 Å². The number of hydrogen-bond donors (Lipinski definition) is 0. The Morgan fingerprint density at radius 2 is 1.67 bits per heavy atom. The summed E-state index contributed by atoms with van der Waals surface area (Å²) < 4.78 is 16.0. The van der Waals surface area contributed by atoms with E-state index < -0.39 is 0 Å². The maximum Gasteiger partial charge on any atom is 0.254 e. The summed E-state index contributed by atoms with van der Waals surface area (Å²) >= 11 is 0. The zero-order valence-electron chi connectivity index (χ0n) is 15.3. The highest BCUT2D eigenvalue weighted by Gasteiger charge is 2.27. The number of benzene rings is 1. The summed E-state index contributed by atoms with van der Waals surface area (Å²) in [4.78, 5) is 17.1. The Morgan fingerprint density at radius 1 is 1.12 bits per heavy atom. The molecule has 0 radical (unpaired) electrons. The van der Waals surface area contributed by atoms with Gasteiger partial charge < -0.3 is 24.0 Å². The fraction of sp³-hybridized carbons (Fsp3) is 0.611. The van der Waals surface area contributed by atoms with Crippen molar-refractivity contribution in [2.45, 2.75) is 25.8 Å². The second kappa shape index (κ2) is 8.24. The molecule has 24 heavy (non-hydrogen) atoms. The molecule has 0 N–H and O–H groups in total. The molecule has 0 saturated carbocycles. The lowest BCUT2D eigenvalue weighted by atomic mass is 10.0. The highest BCUT2D eigenvalue weighted by molar-refractivity contribution is 5.95. The molecular formula is C18H28N2O4. The SMILES string of the molecule is CCN1CCC(N(C)C(=O)c2cc(OC)c(OC)c(OC)c2)CC1. The number of rotatable bonds is 6. The molecule has 0 aromatic heterocycles. The molecule has 6 heteroatoms. The number of carbonyl (C=O) groups excluding carboxylic acids is 1. The van der Waals surface area contributed by atoms with Gasteiger partial charge in [-0.3, -0.25) is 4.79 Å². The molecule has 0 spiro atoms. The van der Waals surface area contributed by atoms with Gasteiger partial charge in [0.1, 0.15) is 0 Å². The van der Waals surface area contributed by atoms with Gasteiger partial charge >= 0.3 is 0 Å². The summed E-state index contributed by atoms with van der Waals surface area (Å²) in [6.07, 6.45) is 2.00. The molecule has 1 aromatic carbocycles. The van der Waals surface area contributed by atoms with Crippen molar-refractivity contribution in [3.8, 4) is 17.2 Å². The van der Waals surface area contributed by atoms with Crippen LogP contribution in [0, 0.1) is 0 Å². The van der Waals surface area contributed by atoms with Gasteiger partial charge in [0.15, 0.2) is 11.5 Å². The predicted octanol–water partition coefficient (Wildman–Crippen LogP) is 2.27. The Morgan fingerprint density at radius 3 is 2.08 bits per heavy atom. The van der Waals surface area contributed by atoms with Crippen LogP contribution in [0.4, 0.5) is 0 Å². The van der Waals surface area contributed by atoms with Crippen LogP contribution in [0.5, 0.6) is 17.2 Å². The van der Waals surface area contributed by atoms with Crippen LogP contribution in [0.15, 0.2) is 12.1 Å². The molecule has 1 aliphatic rings. The van der Waals surface area contributed by atoms with Crippen molar-refractivity contribution < 1.29 is 19.0 Å². The number of nitrogens with zero attached hydrogens (tertiary/aromatic N) is 2. The number of likely N-dealkylation sites (tertiary alicyclic amines) is 1. The van der Waals surface area contributed by atoms with E-state index in [4.69, 9.17) is 14.2 Å². The van der Waals surface area contributed by atoms with Crippen molar-refractivity contribution in [2.75, 3.05) is 48.0 Å². The molecule has 1 heterocycles. The molecule has 6 nitrogen and oxygen atoms in total. The molecule has 0 aliphatic carbocycles.